The molecule has 0 atom stereocenters. The third-order valence-electron chi connectivity index (χ3n) is 6.92. The van der Waals surface area contributed by atoms with Crippen molar-refractivity contribution in [1.29, 1.82) is 0 Å². The van der Waals surface area contributed by atoms with Gasteiger partial charge >= 0.3 is 0 Å². The zero-order chi connectivity index (χ0) is 18.0. The van der Waals surface area contributed by atoms with E-state index in [0.717, 1.165) is 31.0 Å². The van der Waals surface area contributed by atoms with Crippen molar-refractivity contribution in [1.82, 2.24) is 19.6 Å². The minimum Gasteiger partial charge on any atom is -0.355 e. The number of hydrogen-bond donors (Lipinski definition) is 0. The maximum absolute atomic E-state index is 5.07. The lowest BCUT2D eigenvalue weighted by molar-refractivity contribution is 0.231. The van der Waals surface area contributed by atoms with Crippen LogP contribution in [0.2, 0.25) is 0 Å². The number of pyridine rings is 1. The maximum atomic E-state index is 5.07. The number of aryl methyl sites for hydroxylation is 1. The highest BCUT2D eigenvalue weighted by Crippen LogP contribution is 2.45. The van der Waals surface area contributed by atoms with E-state index in [9.17, 15) is 0 Å². The number of aromatic nitrogens is 4. The normalized spacial score (nSPS) is 21.1. The zero-order valence-corrected chi connectivity index (χ0v) is 15.9. The van der Waals surface area contributed by atoms with E-state index < -0.39 is 0 Å². The van der Waals surface area contributed by atoms with Crippen LogP contribution in [0.5, 0.6) is 0 Å². The van der Waals surface area contributed by atoms with Crippen LogP contribution in [-0.2, 0) is 12.8 Å². The molecule has 1 aliphatic heterocycles. The molecule has 1 saturated carbocycles. The van der Waals surface area contributed by atoms with Gasteiger partial charge < -0.3 is 4.90 Å². The quantitative estimate of drug-likeness (QED) is 0.700. The van der Waals surface area contributed by atoms with Gasteiger partial charge in [0.1, 0.15) is 5.52 Å². The summed E-state index contributed by atoms with van der Waals surface area (Å²) in [5, 5.41) is 4.64. The smallest absolute Gasteiger partial charge is 0.155 e. The van der Waals surface area contributed by atoms with Crippen molar-refractivity contribution < 1.29 is 0 Å². The van der Waals surface area contributed by atoms with Crippen molar-refractivity contribution in [2.24, 2.45) is 5.41 Å². The molecule has 4 heterocycles. The summed E-state index contributed by atoms with van der Waals surface area (Å²) in [7, 11) is 0. The van der Waals surface area contributed by atoms with Gasteiger partial charge in [-0.15, -0.1) is 0 Å². The Morgan fingerprint density at radius 3 is 2.70 bits per heavy atom. The fourth-order valence-electron chi connectivity index (χ4n) is 5.31. The summed E-state index contributed by atoms with van der Waals surface area (Å²) < 4.78 is 2.16. The molecule has 27 heavy (non-hydrogen) atoms. The largest absolute Gasteiger partial charge is 0.355 e. The Balaban J connectivity index is 1.29. The number of anilines is 1. The first-order chi connectivity index (χ1) is 13.2. The summed E-state index contributed by atoms with van der Waals surface area (Å²) >= 11 is 0. The molecular weight excluding hydrogens is 334 g/mol. The average molecular weight is 359 g/mol. The highest BCUT2D eigenvalue weighted by atomic mass is 15.3. The lowest BCUT2D eigenvalue weighted by Crippen LogP contribution is -2.41. The standard InChI is InChI=1S/C22H25N5/c1-15-20(16-4-5-16)27-19(6-10-24-27)21(25-15)26-11-7-22(8-12-26)13-17-3-2-9-23-18(17)14-22/h2-3,6,9-10,16H,4-5,7-8,11-14H2,1H3. The monoisotopic (exact) mass is 359 g/mol. The fraction of sp³-hybridized carbons (Fsp3) is 0.500. The second-order valence-corrected chi connectivity index (χ2v) is 8.76. The molecular formula is C22H25N5. The number of piperidine rings is 1. The molecule has 0 aromatic carbocycles. The highest BCUT2D eigenvalue weighted by Gasteiger charge is 2.41. The van der Waals surface area contributed by atoms with Crippen LogP contribution in [0.3, 0.4) is 0 Å². The number of hydrogen-bond acceptors (Lipinski definition) is 4. The molecule has 2 fully saturated rings. The molecule has 3 aliphatic rings. The summed E-state index contributed by atoms with van der Waals surface area (Å²) in [6, 6.07) is 6.48. The Bertz CT molecular complexity index is 997. The molecule has 0 radical (unpaired) electrons. The van der Waals surface area contributed by atoms with Crippen LogP contribution in [0.15, 0.2) is 30.6 Å². The van der Waals surface area contributed by atoms with Gasteiger partial charge in [-0.25, -0.2) is 9.50 Å². The van der Waals surface area contributed by atoms with E-state index >= 15 is 0 Å². The topological polar surface area (TPSA) is 46.3 Å². The summed E-state index contributed by atoms with van der Waals surface area (Å²) in [5.41, 5.74) is 6.85. The van der Waals surface area contributed by atoms with E-state index in [-0.39, 0.29) is 0 Å². The van der Waals surface area contributed by atoms with Gasteiger partial charge in [-0.3, -0.25) is 4.98 Å². The van der Waals surface area contributed by atoms with Crippen molar-refractivity contribution in [3.05, 3.63) is 53.2 Å². The second-order valence-electron chi connectivity index (χ2n) is 8.76. The molecule has 6 rings (SSSR count). The third kappa shape index (κ3) is 2.40. The van der Waals surface area contributed by atoms with Gasteiger partial charge in [0.25, 0.3) is 0 Å². The Morgan fingerprint density at radius 1 is 1.07 bits per heavy atom. The molecule has 1 spiro atoms. The van der Waals surface area contributed by atoms with Crippen LogP contribution < -0.4 is 4.90 Å². The van der Waals surface area contributed by atoms with Gasteiger partial charge in [0.2, 0.25) is 0 Å². The molecule has 3 aromatic heterocycles. The molecule has 0 N–H and O–H groups in total. The van der Waals surface area contributed by atoms with E-state index in [1.165, 1.54) is 54.6 Å². The summed E-state index contributed by atoms with van der Waals surface area (Å²) in [5.74, 6) is 1.78. The minimum atomic E-state index is 0.409. The van der Waals surface area contributed by atoms with Crippen LogP contribution in [0, 0.1) is 12.3 Å². The molecule has 1 saturated heterocycles. The summed E-state index contributed by atoms with van der Waals surface area (Å²) in [4.78, 5) is 12.2. The van der Waals surface area contributed by atoms with E-state index in [2.05, 4.69) is 44.6 Å². The minimum absolute atomic E-state index is 0.409. The van der Waals surface area contributed by atoms with Gasteiger partial charge in [0, 0.05) is 30.9 Å². The summed E-state index contributed by atoms with van der Waals surface area (Å²) in [6.45, 7) is 4.30. The van der Waals surface area contributed by atoms with E-state index in [0.29, 0.717) is 11.3 Å². The molecule has 138 valence electrons. The average Bonchev–Trinajstić information content (AvgIpc) is 3.27. The number of fused-ring (bicyclic) bond motifs is 2. The second kappa shape index (κ2) is 5.54. The molecule has 5 nitrogen and oxygen atoms in total. The molecule has 0 unspecified atom stereocenters. The van der Waals surface area contributed by atoms with Gasteiger partial charge in [-0.1, -0.05) is 6.07 Å². The van der Waals surface area contributed by atoms with Gasteiger partial charge in [0.15, 0.2) is 5.82 Å². The predicted molar refractivity (Wildman–Crippen MR) is 105 cm³/mol. The molecule has 2 aliphatic carbocycles. The van der Waals surface area contributed by atoms with Crippen LogP contribution in [0.1, 0.15) is 54.2 Å². The number of rotatable bonds is 2. The lowest BCUT2D eigenvalue weighted by Gasteiger charge is -2.40. The van der Waals surface area contributed by atoms with E-state index in [1.54, 1.807) is 0 Å². The van der Waals surface area contributed by atoms with Crippen molar-refractivity contribution in [2.75, 3.05) is 18.0 Å². The molecule has 5 heteroatoms. The van der Waals surface area contributed by atoms with Gasteiger partial charge in [-0.05, 0) is 68.6 Å². The lowest BCUT2D eigenvalue weighted by atomic mass is 9.76. The molecule has 3 aromatic rings. The first-order valence-corrected chi connectivity index (χ1v) is 10.2. The Kier molecular flexibility index (Phi) is 3.20. The van der Waals surface area contributed by atoms with Crippen LogP contribution in [0.4, 0.5) is 5.82 Å². The van der Waals surface area contributed by atoms with Crippen molar-refractivity contribution in [3.8, 4) is 0 Å². The predicted octanol–water partition coefficient (Wildman–Crippen LogP) is 3.70. The van der Waals surface area contributed by atoms with Crippen LogP contribution in [0.25, 0.3) is 5.52 Å². The molecule has 0 amide bonds. The van der Waals surface area contributed by atoms with Crippen molar-refractivity contribution >= 4 is 11.3 Å². The Labute approximate surface area is 159 Å². The Hall–Kier alpha value is -2.43. The summed E-state index contributed by atoms with van der Waals surface area (Å²) in [6.07, 6.45) is 11.2. The van der Waals surface area contributed by atoms with E-state index in [4.69, 9.17) is 4.98 Å². The fourth-order valence-corrected chi connectivity index (χ4v) is 5.31. The van der Waals surface area contributed by atoms with Crippen LogP contribution >= 0.6 is 0 Å². The third-order valence-corrected chi connectivity index (χ3v) is 6.92. The van der Waals surface area contributed by atoms with Gasteiger partial charge in [-0.2, -0.15) is 5.10 Å². The van der Waals surface area contributed by atoms with Gasteiger partial charge in [0.05, 0.1) is 17.6 Å². The Morgan fingerprint density at radius 2 is 1.93 bits per heavy atom. The molecule has 0 bridgehead atoms. The van der Waals surface area contributed by atoms with Crippen molar-refractivity contribution in [3.63, 3.8) is 0 Å². The first kappa shape index (κ1) is 15.6. The SMILES string of the molecule is Cc1nc(N2CCC3(CC2)Cc2cccnc2C3)c2ccnn2c1C1CC1. The maximum Gasteiger partial charge on any atom is 0.155 e. The number of nitrogens with zero attached hydrogens (tertiary/aromatic N) is 5. The zero-order valence-electron chi connectivity index (χ0n) is 15.9. The highest BCUT2D eigenvalue weighted by molar-refractivity contribution is 5.70. The van der Waals surface area contributed by atoms with Crippen molar-refractivity contribution in [2.45, 2.75) is 51.4 Å². The van der Waals surface area contributed by atoms with Crippen LogP contribution in [-0.4, -0.2) is 32.7 Å². The first-order valence-electron chi connectivity index (χ1n) is 10.2. The van der Waals surface area contributed by atoms with E-state index in [1.807, 2.05) is 12.4 Å².